The Labute approximate surface area is 139 Å². The van der Waals surface area contributed by atoms with E-state index in [0.29, 0.717) is 11.7 Å². The van der Waals surface area contributed by atoms with Gasteiger partial charge < -0.3 is 5.11 Å². The van der Waals surface area contributed by atoms with Crippen LogP contribution in [0.4, 0.5) is 0 Å². The van der Waals surface area contributed by atoms with Gasteiger partial charge in [-0.2, -0.15) is 0 Å². The summed E-state index contributed by atoms with van der Waals surface area (Å²) in [7, 11) is 0. The zero-order valence-electron chi connectivity index (χ0n) is 14.1. The number of nitrogens with zero attached hydrogens (tertiary/aromatic N) is 2. The second-order valence-corrected chi connectivity index (χ2v) is 6.24. The summed E-state index contributed by atoms with van der Waals surface area (Å²) in [6, 6.07) is 7.80. The van der Waals surface area contributed by atoms with Crippen LogP contribution in [0.1, 0.15) is 68.9 Å². The highest BCUT2D eigenvalue weighted by Gasteiger charge is 2.14. The quantitative estimate of drug-likeness (QED) is 0.609. The molecule has 0 aliphatic heterocycles. The predicted octanol–water partition coefficient (Wildman–Crippen LogP) is 5.26. The fraction of sp³-hybridized carbons (Fsp3) is 0.500. The van der Waals surface area contributed by atoms with Crippen LogP contribution in [0.15, 0.2) is 43.0 Å². The number of para-hydroxylation sites is 1. The van der Waals surface area contributed by atoms with Crippen LogP contribution in [0.5, 0.6) is 5.75 Å². The van der Waals surface area contributed by atoms with Gasteiger partial charge >= 0.3 is 0 Å². The van der Waals surface area contributed by atoms with Gasteiger partial charge in [0, 0.05) is 12.4 Å². The molecule has 1 aromatic heterocycles. The first-order valence-electron chi connectivity index (χ1n) is 8.83. The minimum atomic E-state index is 0.441. The average molecular weight is 312 g/mol. The molecular weight excluding hydrogens is 284 g/mol. The second-order valence-electron chi connectivity index (χ2n) is 6.24. The highest BCUT2D eigenvalue weighted by Crippen LogP contribution is 2.33. The third-order valence-electron chi connectivity index (χ3n) is 4.41. The molecule has 1 N–H and O–H groups in total. The number of unbranched alkanes of at least 4 members (excludes halogenated alkanes) is 3. The normalized spacial score (nSPS) is 12.2. The van der Waals surface area contributed by atoms with E-state index in [-0.39, 0.29) is 0 Å². The molecule has 124 valence electrons. The lowest BCUT2D eigenvalue weighted by Gasteiger charge is -2.18. The first-order chi connectivity index (χ1) is 11.3. The first-order valence-corrected chi connectivity index (χ1v) is 8.83. The molecule has 23 heavy (non-hydrogen) atoms. The Balaban J connectivity index is 1.91. The number of aromatic hydroxyl groups is 1. The minimum absolute atomic E-state index is 0.441. The van der Waals surface area contributed by atoms with Crippen LogP contribution in [-0.4, -0.2) is 15.1 Å². The molecule has 1 heterocycles. The maximum atomic E-state index is 10.2. The minimum Gasteiger partial charge on any atom is -0.508 e. The molecule has 0 saturated heterocycles. The molecule has 0 bridgehead atoms. The van der Waals surface area contributed by atoms with Gasteiger partial charge in [-0.05, 0) is 48.8 Å². The van der Waals surface area contributed by atoms with Crippen molar-refractivity contribution in [3.8, 4) is 5.75 Å². The summed E-state index contributed by atoms with van der Waals surface area (Å²) in [5.74, 6) is 0.883. The number of hydrogen-bond acceptors (Lipinski definition) is 3. The summed E-state index contributed by atoms with van der Waals surface area (Å²) >= 11 is 0. The molecule has 3 nitrogen and oxygen atoms in total. The molecule has 1 aromatic carbocycles. The fourth-order valence-electron chi connectivity index (χ4n) is 3.12. The number of hydrogen-bond donors (Lipinski definition) is 1. The number of aromatic nitrogens is 2. The van der Waals surface area contributed by atoms with E-state index in [0.717, 1.165) is 31.2 Å². The largest absolute Gasteiger partial charge is 0.508 e. The van der Waals surface area contributed by atoms with Gasteiger partial charge in [-0.3, -0.25) is 0 Å². The number of phenolic OH excluding ortho intramolecular Hbond substituents is 1. The van der Waals surface area contributed by atoms with Gasteiger partial charge in [-0.25, -0.2) is 9.97 Å². The van der Waals surface area contributed by atoms with E-state index in [2.05, 4.69) is 23.0 Å². The van der Waals surface area contributed by atoms with Crippen LogP contribution in [0, 0.1) is 0 Å². The smallest absolute Gasteiger partial charge is 0.119 e. The van der Waals surface area contributed by atoms with Crippen molar-refractivity contribution < 1.29 is 5.11 Å². The van der Waals surface area contributed by atoms with Gasteiger partial charge in [0.25, 0.3) is 0 Å². The molecule has 0 saturated carbocycles. The number of phenols is 1. The predicted molar refractivity (Wildman–Crippen MR) is 94.6 cm³/mol. The van der Waals surface area contributed by atoms with E-state index >= 15 is 0 Å². The Morgan fingerprint density at radius 2 is 1.70 bits per heavy atom. The molecular formula is C20H28N2O. The molecule has 2 rings (SSSR count). The number of aryl methyl sites for hydroxylation is 1. The maximum absolute atomic E-state index is 10.2. The summed E-state index contributed by atoms with van der Waals surface area (Å²) in [6.45, 7) is 2.24. The molecule has 1 unspecified atom stereocenters. The van der Waals surface area contributed by atoms with Crippen LogP contribution in [0.25, 0.3) is 0 Å². The van der Waals surface area contributed by atoms with E-state index in [1.807, 2.05) is 24.5 Å². The Morgan fingerprint density at radius 3 is 2.43 bits per heavy atom. The molecule has 0 amide bonds. The van der Waals surface area contributed by atoms with Crippen molar-refractivity contribution in [1.82, 2.24) is 9.97 Å². The van der Waals surface area contributed by atoms with Gasteiger partial charge in [0.05, 0.1) is 0 Å². The topological polar surface area (TPSA) is 46.0 Å². The fourth-order valence-corrected chi connectivity index (χ4v) is 3.12. The van der Waals surface area contributed by atoms with Crippen LogP contribution in [-0.2, 0) is 6.42 Å². The molecule has 0 aliphatic rings. The molecule has 1 atom stereocenters. The van der Waals surface area contributed by atoms with Crippen LogP contribution in [0.3, 0.4) is 0 Å². The van der Waals surface area contributed by atoms with E-state index in [9.17, 15) is 5.11 Å². The van der Waals surface area contributed by atoms with Crippen LogP contribution in [0.2, 0.25) is 0 Å². The van der Waals surface area contributed by atoms with Crippen molar-refractivity contribution in [3.63, 3.8) is 0 Å². The van der Waals surface area contributed by atoms with Crippen molar-refractivity contribution in [2.45, 2.75) is 64.2 Å². The van der Waals surface area contributed by atoms with E-state index in [4.69, 9.17) is 0 Å². The average Bonchev–Trinajstić information content (AvgIpc) is 2.59. The monoisotopic (exact) mass is 312 g/mol. The summed E-state index contributed by atoms with van der Waals surface area (Å²) in [5.41, 5.74) is 2.29. The van der Waals surface area contributed by atoms with Gasteiger partial charge in [-0.1, -0.05) is 50.8 Å². The Kier molecular flexibility index (Phi) is 7.58. The third-order valence-corrected chi connectivity index (χ3v) is 4.41. The van der Waals surface area contributed by atoms with Crippen molar-refractivity contribution in [2.75, 3.05) is 0 Å². The molecule has 0 aliphatic carbocycles. The lowest BCUT2D eigenvalue weighted by Crippen LogP contribution is -2.01. The summed E-state index contributed by atoms with van der Waals surface area (Å²) in [6.07, 6.45) is 14.8. The lowest BCUT2D eigenvalue weighted by atomic mass is 9.87. The lowest BCUT2D eigenvalue weighted by molar-refractivity contribution is 0.443. The second kappa shape index (κ2) is 9.98. The first kappa shape index (κ1) is 17.5. The molecule has 0 fully saturated rings. The SMILES string of the molecule is CCCCCCC(CCCc1cncnc1)c1ccccc1O. The van der Waals surface area contributed by atoms with Crippen LogP contribution >= 0.6 is 0 Å². The van der Waals surface area contributed by atoms with Crippen molar-refractivity contribution >= 4 is 0 Å². The highest BCUT2D eigenvalue weighted by molar-refractivity contribution is 5.34. The Morgan fingerprint density at radius 1 is 0.957 bits per heavy atom. The Hall–Kier alpha value is -1.90. The maximum Gasteiger partial charge on any atom is 0.119 e. The molecule has 3 heteroatoms. The van der Waals surface area contributed by atoms with E-state index in [1.165, 1.54) is 31.2 Å². The molecule has 0 spiro atoms. The van der Waals surface area contributed by atoms with Crippen LogP contribution < -0.4 is 0 Å². The van der Waals surface area contributed by atoms with E-state index < -0.39 is 0 Å². The van der Waals surface area contributed by atoms with Gasteiger partial charge in [0.2, 0.25) is 0 Å². The van der Waals surface area contributed by atoms with Gasteiger partial charge in [-0.15, -0.1) is 0 Å². The van der Waals surface area contributed by atoms with E-state index in [1.54, 1.807) is 12.4 Å². The number of rotatable bonds is 10. The van der Waals surface area contributed by atoms with Gasteiger partial charge in [0.15, 0.2) is 0 Å². The Bertz CT molecular complexity index is 557. The highest BCUT2D eigenvalue weighted by atomic mass is 16.3. The zero-order chi connectivity index (χ0) is 16.3. The van der Waals surface area contributed by atoms with Gasteiger partial charge in [0.1, 0.15) is 12.1 Å². The van der Waals surface area contributed by atoms with Crippen molar-refractivity contribution in [2.24, 2.45) is 0 Å². The third kappa shape index (κ3) is 6.01. The molecule has 2 aromatic rings. The zero-order valence-corrected chi connectivity index (χ0v) is 14.1. The van der Waals surface area contributed by atoms with Crippen molar-refractivity contribution in [1.29, 1.82) is 0 Å². The number of benzene rings is 1. The summed E-state index contributed by atoms with van der Waals surface area (Å²) in [5, 5.41) is 10.2. The molecule has 0 radical (unpaired) electrons. The standard InChI is InChI=1S/C20H28N2O/c1-2-3-4-5-10-18(19-12-6-7-13-20(19)23)11-8-9-17-14-21-16-22-15-17/h6-7,12-16,18,23H,2-5,8-11H2,1H3. The summed E-state index contributed by atoms with van der Waals surface area (Å²) < 4.78 is 0. The van der Waals surface area contributed by atoms with Crippen molar-refractivity contribution in [3.05, 3.63) is 54.1 Å². The summed E-state index contributed by atoms with van der Waals surface area (Å²) in [4.78, 5) is 8.15.